The molecular weight excluding hydrogens is 394 g/mol. The summed E-state index contributed by atoms with van der Waals surface area (Å²) in [5.74, 6) is -0.266. The van der Waals surface area contributed by atoms with Gasteiger partial charge in [0.2, 0.25) is 5.91 Å². The summed E-state index contributed by atoms with van der Waals surface area (Å²) < 4.78 is 5.22. The monoisotopic (exact) mass is 423 g/mol. The Bertz CT molecular complexity index is 930. The fourth-order valence-corrected chi connectivity index (χ4v) is 4.45. The summed E-state index contributed by atoms with van der Waals surface area (Å²) in [6.07, 6.45) is 3.88. The normalized spacial score (nSPS) is 16.9. The minimum atomic E-state index is -1.03. The molecule has 1 heterocycles. The Morgan fingerprint density at radius 3 is 2.10 bits per heavy atom. The van der Waals surface area contributed by atoms with E-state index in [9.17, 15) is 14.7 Å². The molecule has 164 valence electrons. The third kappa shape index (κ3) is 4.76. The molecule has 0 aromatic heterocycles. The van der Waals surface area contributed by atoms with Crippen LogP contribution in [0.5, 0.6) is 5.75 Å². The molecule has 1 aliphatic heterocycles. The van der Waals surface area contributed by atoms with Gasteiger partial charge in [-0.15, -0.1) is 0 Å². The maximum Gasteiger partial charge on any atom is 0.337 e. The molecule has 4 rings (SSSR count). The first-order valence-electron chi connectivity index (χ1n) is 10.9. The summed E-state index contributed by atoms with van der Waals surface area (Å²) in [6, 6.07) is 13.3. The molecule has 1 saturated heterocycles. The maximum atomic E-state index is 12.5. The number of hydrogen-bond donors (Lipinski definition) is 2. The first-order chi connectivity index (χ1) is 15.0. The first-order valence-corrected chi connectivity index (χ1v) is 10.9. The number of benzene rings is 2. The SMILES string of the molecule is COc1ccc(N2CCN(c3ccc(NC(=O)C4CCCC4)c(C(=O)O)c3)CC2)cc1. The topological polar surface area (TPSA) is 82.1 Å². The molecule has 7 heteroatoms. The van der Waals surface area contributed by atoms with E-state index in [1.165, 1.54) is 0 Å². The van der Waals surface area contributed by atoms with E-state index in [4.69, 9.17) is 4.74 Å². The largest absolute Gasteiger partial charge is 0.497 e. The van der Waals surface area contributed by atoms with Gasteiger partial charge in [0.15, 0.2) is 0 Å². The molecule has 0 spiro atoms. The van der Waals surface area contributed by atoms with Crippen LogP contribution in [0.1, 0.15) is 36.0 Å². The standard InChI is InChI=1S/C24H29N3O4/c1-31-20-9-6-18(7-10-20)26-12-14-27(15-13-26)19-8-11-22(21(16-19)24(29)30)25-23(28)17-4-2-3-5-17/h6-11,16-17H,2-5,12-15H2,1H3,(H,25,28)(H,29,30). The second-order valence-corrected chi connectivity index (χ2v) is 8.18. The van der Waals surface area contributed by atoms with E-state index in [0.29, 0.717) is 5.69 Å². The van der Waals surface area contributed by atoms with Crippen LogP contribution in [0.15, 0.2) is 42.5 Å². The molecule has 0 bridgehead atoms. The van der Waals surface area contributed by atoms with Gasteiger partial charge in [0.25, 0.3) is 0 Å². The Morgan fingerprint density at radius 1 is 0.935 bits per heavy atom. The van der Waals surface area contributed by atoms with E-state index in [-0.39, 0.29) is 17.4 Å². The summed E-state index contributed by atoms with van der Waals surface area (Å²) >= 11 is 0. The third-order valence-electron chi connectivity index (χ3n) is 6.30. The average molecular weight is 424 g/mol. The van der Waals surface area contributed by atoms with Gasteiger partial charge < -0.3 is 25.0 Å². The molecular formula is C24H29N3O4. The highest BCUT2D eigenvalue weighted by molar-refractivity contribution is 6.02. The van der Waals surface area contributed by atoms with Crippen LogP contribution in [0.4, 0.5) is 17.1 Å². The van der Waals surface area contributed by atoms with Crippen molar-refractivity contribution in [1.82, 2.24) is 0 Å². The predicted octanol–water partition coefficient (Wildman–Crippen LogP) is 3.85. The second kappa shape index (κ2) is 9.29. The van der Waals surface area contributed by atoms with E-state index in [2.05, 4.69) is 27.2 Å². The van der Waals surface area contributed by atoms with Crippen molar-refractivity contribution >= 4 is 28.9 Å². The van der Waals surface area contributed by atoms with E-state index in [1.54, 1.807) is 19.2 Å². The maximum absolute atomic E-state index is 12.5. The van der Waals surface area contributed by atoms with E-state index >= 15 is 0 Å². The van der Waals surface area contributed by atoms with Crippen molar-refractivity contribution in [3.8, 4) is 5.75 Å². The molecule has 2 aromatic carbocycles. The molecule has 2 fully saturated rings. The summed E-state index contributed by atoms with van der Waals surface area (Å²) in [5, 5.41) is 12.6. The van der Waals surface area contributed by atoms with E-state index < -0.39 is 5.97 Å². The lowest BCUT2D eigenvalue weighted by atomic mass is 10.1. The molecule has 2 N–H and O–H groups in total. The Labute approximate surface area is 182 Å². The van der Waals surface area contributed by atoms with Crippen molar-refractivity contribution in [3.63, 3.8) is 0 Å². The highest BCUT2D eigenvalue weighted by Gasteiger charge is 2.25. The van der Waals surface area contributed by atoms with Crippen molar-refractivity contribution in [1.29, 1.82) is 0 Å². The Hall–Kier alpha value is -3.22. The molecule has 7 nitrogen and oxygen atoms in total. The number of piperazine rings is 1. The van der Waals surface area contributed by atoms with Crippen molar-refractivity contribution in [3.05, 3.63) is 48.0 Å². The molecule has 0 atom stereocenters. The zero-order chi connectivity index (χ0) is 21.8. The lowest BCUT2D eigenvalue weighted by Gasteiger charge is -2.37. The molecule has 0 unspecified atom stereocenters. The zero-order valence-electron chi connectivity index (χ0n) is 17.8. The number of hydrogen-bond acceptors (Lipinski definition) is 5. The molecule has 31 heavy (non-hydrogen) atoms. The molecule has 1 aliphatic carbocycles. The molecule has 2 aliphatic rings. The number of aromatic carboxylic acids is 1. The van der Waals surface area contributed by atoms with Gasteiger partial charge in [0.05, 0.1) is 18.4 Å². The zero-order valence-corrected chi connectivity index (χ0v) is 17.8. The molecule has 1 saturated carbocycles. The van der Waals surface area contributed by atoms with Crippen LogP contribution in [-0.2, 0) is 4.79 Å². The van der Waals surface area contributed by atoms with Crippen LogP contribution in [0, 0.1) is 5.92 Å². The Kier molecular flexibility index (Phi) is 6.30. The van der Waals surface area contributed by atoms with Gasteiger partial charge in [0, 0.05) is 43.5 Å². The second-order valence-electron chi connectivity index (χ2n) is 8.18. The van der Waals surface area contributed by atoms with Gasteiger partial charge >= 0.3 is 5.97 Å². The quantitative estimate of drug-likeness (QED) is 0.735. The van der Waals surface area contributed by atoms with Crippen LogP contribution in [0.3, 0.4) is 0 Å². The van der Waals surface area contributed by atoms with Crippen molar-refractivity contribution in [2.45, 2.75) is 25.7 Å². The van der Waals surface area contributed by atoms with Crippen LogP contribution >= 0.6 is 0 Å². The van der Waals surface area contributed by atoms with E-state index in [0.717, 1.165) is 69.0 Å². The van der Waals surface area contributed by atoms with Crippen molar-refractivity contribution < 1.29 is 19.4 Å². The number of amides is 1. The highest BCUT2D eigenvalue weighted by Crippen LogP contribution is 2.29. The van der Waals surface area contributed by atoms with Crippen molar-refractivity contribution in [2.75, 3.05) is 48.4 Å². The fourth-order valence-electron chi connectivity index (χ4n) is 4.45. The first kappa shape index (κ1) is 21.0. The van der Waals surface area contributed by atoms with Gasteiger partial charge in [-0.25, -0.2) is 4.79 Å². The number of carbonyl (C=O) groups is 2. The number of carboxylic acid groups (broad SMARTS) is 1. The summed E-state index contributed by atoms with van der Waals surface area (Å²) in [4.78, 5) is 28.8. The number of rotatable bonds is 6. The number of carbonyl (C=O) groups excluding carboxylic acids is 1. The average Bonchev–Trinajstić information content (AvgIpc) is 3.35. The van der Waals surface area contributed by atoms with Gasteiger partial charge in [-0.1, -0.05) is 12.8 Å². The number of ether oxygens (including phenoxy) is 1. The van der Waals surface area contributed by atoms with Crippen LogP contribution in [0.2, 0.25) is 0 Å². The number of anilines is 3. The predicted molar refractivity (Wildman–Crippen MR) is 121 cm³/mol. The Balaban J connectivity index is 1.43. The number of methoxy groups -OCH3 is 1. The molecule has 2 aromatic rings. The lowest BCUT2D eigenvalue weighted by molar-refractivity contribution is -0.119. The van der Waals surface area contributed by atoms with E-state index in [1.807, 2.05) is 18.2 Å². The van der Waals surface area contributed by atoms with Crippen LogP contribution < -0.4 is 19.9 Å². The van der Waals surface area contributed by atoms with Crippen LogP contribution in [0.25, 0.3) is 0 Å². The fraction of sp³-hybridized carbons (Fsp3) is 0.417. The molecule has 0 radical (unpaired) electrons. The molecule has 1 amide bonds. The highest BCUT2D eigenvalue weighted by atomic mass is 16.5. The van der Waals surface area contributed by atoms with Gasteiger partial charge in [-0.3, -0.25) is 4.79 Å². The third-order valence-corrected chi connectivity index (χ3v) is 6.30. The van der Waals surface area contributed by atoms with Gasteiger partial charge in [0.1, 0.15) is 5.75 Å². The lowest BCUT2D eigenvalue weighted by Crippen LogP contribution is -2.46. The number of carboxylic acids is 1. The number of nitrogens with one attached hydrogen (secondary N) is 1. The number of nitrogens with zero attached hydrogens (tertiary/aromatic N) is 2. The summed E-state index contributed by atoms with van der Waals surface area (Å²) in [6.45, 7) is 3.27. The minimum absolute atomic E-state index is 0.00708. The minimum Gasteiger partial charge on any atom is -0.497 e. The smallest absolute Gasteiger partial charge is 0.337 e. The van der Waals surface area contributed by atoms with Crippen molar-refractivity contribution in [2.24, 2.45) is 5.92 Å². The van der Waals surface area contributed by atoms with Gasteiger partial charge in [-0.2, -0.15) is 0 Å². The van der Waals surface area contributed by atoms with Gasteiger partial charge in [-0.05, 0) is 55.3 Å². The van der Waals surface area contributed by atoms with Crippen LogP contribution in [-0.4, -0.2) is 50.3 Å². The summed E-state index contributed by atoms with van der Waals surface area (Å²) in [5.41, 5.74) is 2.54. The summed E-state index contributed by atoms with van der Waals surface area (Å²) in [7, 11) is 1.66. The Morgan fingerprint density at radius 2 is 1.52 bits per heavy atom.